The van der Waals surface area contributed by atoms with Gasteiger partial charge in [0.2, 0.25) is 5.13 Å². The summed E-state index contributed by atoms with van der Waals surface area (Å²) in [5.41, 5.74) is 0. The summed E-state index contributed by atoms with van der Waals surface area (Å²) in [5.74, 6) is 0. The first kappa shape index (κ1) is 12.4. The molecule has 15 heavy (non-hydrogen) atoms. The number of nitrogens with one attached hydrogen (secondary N) is 1. The quantitative estimate of drug-likeness (QED) is 0.684. The van der Waals surface area contributed by atoms with Crippen LogP contribution in [0.3, 0.4) is 0 Å². The summed E-state index contributed by atoms with van der Waals surface area (Å²) in [6.07, 6.45) is 0.961. The largest absolute Gasteiger partial charge is 0.382 e. The van der Waals surface area contributed by atoms with Gasteiger partial charge < -0.3 is 14.8 Å². The Hall–Kier alpha value is -0.720. The van der Waals surface area contributed by atoms with Gasteiger partial charge in [-0.15, -0.1) is 10.2 Å². The average Bonchev–Trinajstić information content (AvgIpc) is 2.63. The number of hydrogen-bond donors (Lipinski definition) is 1. The van der Waals surface area contributed by atoms with Gasteiger partial charge in [0.25, 0.3) is 0 Å². The van der Waals surface area contributed by atoms with Gasteiger partial charge in [0.1, 0.15) is 5.01 Å². The van der Waals surface area contributed by atoms with Crippen molar-refractivity contribution < 1.29 is 9.47 Å². The summed E-state index contributed by atoms with van der Waals surface area (Å²) in [4.78, 5) is 0. The number of hydrogen-bond acceptors (Lipinski definition) is 6. The molecule has 0 radical (unpaired) electrons. The van der Waals surface area contributed by atoms with Crippen molar-refractivity contribution in [3.8, 4) is 0 Å². The summed E-state index contributed by atoms with van der Waals surface area (Å²) in [6.45, 7) is 4.86. The lowest BCUT2D eigenvalue weighted by Gasteiger charge is -2.03. The van der Waals surface area contributed by atoms with E-state index >= 15 is 0 Å². The highest BCUT2D eigenvalue weighted by atomic mass is 32.1. The minimum Gasteiger partial charge on any atom is -0.382 e. The third-order valence-corrected chi connectivity index (χ3v) is 2.50. The van der Waals surface area contributed by atoms with E-state index in [1.165, 1.54) is 0 Å². The molecule has 0 aliphatic rings. The molecule has 0 unspecified atom stereocenters. The minimum atomic E-state index is 0.656. The van der Waals surface area contributed by atoms with Gasteiger partial charge >= 0.3 is 0 Å². The number of rotatable bonds is 8. The van der Waals surface area contributed by atoms with E-state index in [1.807, 2.05) is 6.92 Å². The van der Waals surface area contributed by atoms with Crippen LogP contribution in [0.2, 0.25) is 0 Å². The van der Waals surface area contributed by atoms with Crippen LogP contribution in [0.25, 0.3) is 0 Å². The molecule has 0 aliphatic carbocycles. The van der Waals surface area contributed by atoms with Crippen LogP contribution in [0.15, 0.2) is 0 Å². The molecule has 86 valence electrons. The third kappa shape index (κ3) is 5.66. The van der Waals surface area contributed by atoms with Crippen LogP contribution in [0.4, 0.5) is 5.13 Å². The average molecular weight is 231 g/mol. The Balaban J connectivity index is 1.93. The zero-order valence-electron chi connectivity index (χ0n) is 9.15. The van der Waals surface area contributed by atoms with Gasteiger partial charge in [-0.05, 0) is 13.3 Å². The van der Waals surface area contributed by atoms with Crippen LogP contribution in [-0.2, 0) is 9.47 Å². The van der Waals surface area contributed by atoms with Gasteiger partial charge in [-0.1, -0.05) is 11.3 Å². The van der Waals surface area contributed by atoms with Crippen molar-refractivity contribution in [2.75, 3.05) is 38.8 Å². The maximum Gasteiger partial charge on any atom is 0.205 e. The smallest absolute Gasteiger partial charge is 0.205 e. The van der Waals surface area contributed by atoms with Gasteiger partial charge in [-0.2, -0.15) is 0 Å². The lowest BCUT2D eigenvalue weighted by Crippen LogP contribution is -2.08. The lowest BCUT2D eigenvalue weighted by atomic mass is 10.4. The summed E-state index contributed by atoms with van der Waals surface area (Å²) in [7, 11) is 1.67. The number of nitrogens with zero attached hydrogens (tertiary/aromatic N) is 2. The normalized spacial score (nSPS) is 10.5. The van der Waals surface area contributed by atoms with Gasteiger partial charge in [-0.25, -0.2) is 0 Å². The number of ether oxygens (including phenoxy) is 2. The van der Waals surface area contributed by atoms with E-state index in [-0.39, 0.29) is 0 Å². The Labute approximate surface area is 93.8 Å². The van der Waals surface area contributed by atoms with Crippen molar-refractivity contribution in [2.45, 2.75) is 13.3 Å². The fraction of sp³-hybridized carbons (Fsp3) is 0.778. The Morgan fingerprint density at radius 3 is 2.80 bits per heavy atom. The number of anilines is 1. The van der Waals surface area contributed by atoms with Gasteiger partial charge in [0.05, 0.1) is 13.2 Å². The second-order valence-electron chi connectivity index (χ2n) is 3.01. The third-order valence-electron chi connectivity index (χ3n) is 1.70. The van der Waals surface area contributed by atoms with Crippen molar-refractivity contribution in [1.29, 1.82) is 0 Å². The summed E-state index contributed by atoms with van der Waals surface area (Å²) < 4.78 is 10.2. The zero-order chi connectivity index (χ0) is 10.9. The Bertz CT molecular complexity index is 268. The predicted molar refractivity (Wildman–Crippen MR) is 60.4 cm³/mol. The van der Waals surface area contributed by atoms with Crippen LogP contribution in [0.1, 0.15) is 11.4 Å². The molecule has 1 heterocycles. The molecule has 0 bridgehead atoms. The molecule has 1 rings (SSSR count). The van der Waals surface area contributed by atoms with E-state index in [2.05, 4.69) is 15.5 Å². The molecule has 0 saturated heterocycles. The molecule has 0 spiro atoms. The van der Waals surface area contributed by atoms with E-state index in [0.717, 1.165) is 29.7 Å². The van der Waals surface area contributed by atoms with Crippen molar-refractivity contribution in [2.24, 2.45) is 0 Å². The number of aryl methyl sites for hydroxylation is 1. The van der Waals surface area contributed by atoms with Crippen LogP contribution in [0, 0.1) is 6.92 Å². The van der Waals surface area contributed by atoms with Crippen LogP contribution in [-0.4, -0.2) is 43.7 Å². The minimum absolute atomic E-state index is 0.656. The first-order valence-electron chi connectivity index (χ1n) is 4.93. The van der Waals surface area contributed by atoms with E-state index in [0.29, 0.717) is 13.2 Å². The molecule has 1 aromatic heterocycles. The molecule has 0 fully saturated rings. The Morgan fingerprint density at radius 2 is 2.13 bits per heavy atom. The molecule has 0 aliphatic heterocycles. The highest BCUT2D eigenvalue weighted by Crippen LogP contribution is 2.12. The standard InChI is InChI=1S/C9H17N3O2S/c1-8-11-12-9(15-8)10-4-3-5-14-7-6-13-2/h3-7H2,1-2H3,(H,10,12). The molecule has 0 saturated carbocycles. The molecular formula is C9H17N3O2S. The Morgan fingerprint density at radius 1 is 1.27 bits per heavy atom. The summed E-state index contributed by atoms with van der Waals surface area (Å²) in [6, 6.07) is 0. The van der Waals surface area contributed by atoms with Crippen LogP contribution in [0.5, 0.6) is 0 Å². The Kier molecular flexibility index (Phi) is 6.22. The van der Waals surface area contributed by atoms with Crippen molar-refractivity contribution >= 4 is 16.5 Å². The van der Waals surface area contributed by atoms with E-state index in [9.17, 15) is 0 Å². The maximum absolute atomic E-state index is 5.32. The van der Waals surface area contributed by atoms with E-state index in [4.69, 9.17) is 9.47 Å². The highest BCUT2D eigenvalue weighted by Gasteiger charge is 1.97. The SMILES string of the molecule is COCCOCCCNc1nnc(C)s1. The predicted octanol–water partition coefficient (Wildman–Crippen LogP) is 1.31. The highest BCUT2D eigenvalue weighted by molar-refractivity contribution is 7.15. The zero-order valence-corrected chi connectivity index (χ0v) is 9.97. The molecule has 0 aromatic carbocycles. The van der Waals surface area contributed by atoms with Gasteiger partial charge in [-0.3, -0.25) is 0 Å². The second kappa shape index (κ2) is 7.56. The van der Waals surface area contributed by atoms with Crippen molar-refractivity contribution in [3.05, 3.63) is 5.01 Å². The maximum atomic E-state index is 5.32. The molecule has 0 atom stereocenters. The lowest BCUT2D eigenvalue weighted by molar-refractivity contribution is 0.0705. The molecular weight excluding hydrogens is 214 g/mol. The van der Waals surface area contributed by atoms with Gasteiger partial charge in [0, 0.05) is 20.3 Å². The topological polar surface area (TPSA) is 56.3 Å². The van der Waals surface area contributed by atoms with Crippen LogP contribution < -0.4 is 5.32 Å². The van der Waals surface area contributed by atoms with E-state index < -0.39 is 0 Å². The second-order valence-corrected chi connectivity index (χ2v) is 4.19. The monoisotopic (exact) mass is 231 g/mol. The van der Waals surface area contributed by atoms with Crippen LogP contribution >= 0.6 is 11.3 Å². The first-order valence-corrected chi connectivity index (χ1v) is 5.75. The molecule has 6 heteroatoms. The van der Waals surface area contributed by atoms with E-state index in [1.54, 1.807) is 18.4 Å². The van der Waals surface area contributed by atoms with Crippen molar-refractivity contribution in [3.63, 3.8) is 0 Å². The fourth-order valence-corrected chi connectivity index (χ4v) is 1.60. The number of aromatic nitrogens is 2. The molecule has 1 aromatic rings. The first-order chi connectivity index (χ1) is 7.33. The summed E-state index contributed by atoms with van der Waals surface area (Å²) >= 11 is 1.57. The van der Waals surface area contributed by atoms with Crippen molar-refractivity contribution in [1.82, 2.24) is 10.2 Å². The molecule has 1 N–H and O–H groups in total. The molecule has 5 nitrogen and oxygen atoms in total. The number of methoxy groups -OCH3 is 1. The fourth-order valence-electron chi connectivity index (χ4n) is 0.982. The molecule has 0 amide bonds. The van der Waals surface area contributed by atoms with Gasteiger partial charge in [0.15, 0.2) is 0 Å². The summed E-state index contributed by atoms with van der Waals surface area (Å²) in [5, 5.41) is 12.9.